The molecule has 1 aromatic heterocycles. The SMILES string of the molecule is CC(C)CCNc1ncnc2ccc(-c3cccc(C(=O)NCCO)c3)cc12. The molecule has 3 rings (SSSR count). The quantitative estimate of drug-likeness (QED) is 0.559. The number of hydrogen-bond donors (Lipinski definition) is 3. The molecule has 146 valence electrons. The Hall–Kier alpha value is -2.99. The summed E-state index contributed by atoms with van der Waals surface area (Å²) < 4.78 is 0. The van der Waals surface area contributed by atoms with Gasteiger partial charge in [-0.2, -0.15) is 0 Å². The lowest BCUT2D eigenvalue weighted by molar-refractivity contribution is 0.0945. The highest BCUT2D eigenvalue weighted by Crippen LogP contribution is 2.27. The molecular formula is C22H26N4O2. The van der Waals surface area contributed by atoms with Crippen molar-refractivity contribution in [1.82, 2.24) is 15.3 Å². The highest BCUT2D eigenvalue weighted by molar-refractivity contribution is 5.96. The van der Waals surface area contributed by atoms with Crippen molar-refractivity contribution < 1.29 is 9.90 Å². The smallest absolute Gasteiger partial charge is 0.251 e. The number of aromatic nitrogens is 2. The van der Waals surface area contributed by atoms with E-state index in [1.165, 1.54) is 0 Å². The minimum atomic E-state index is -0.198. The second-order valence-electron chi connectivity index (χ2n) is 7.12. The van der Waals surface area contributed by atoms with Crippen LogP contribution < -0.4 is 10.6 Å². The summed E-state index contributed by atoms with van der Waals surface area (Å²) in [6.07, 6.45) is 2.64. The van der Waals surface area contributed by atoms with Crippen molar-refractivity contribution in [3.8, 4) is 11.1 Å². The van der Waals surface area contributed by atoms with Crippen LogP contribution in [0.3, 0.4) is 0 Å². The third-order valence-electron chi connectivity index (χ3n) is 4.50. The normalized spacial score (nSPS) is 11.0. The Morgan fingerprint density at radius 2 is 1.89 bits per heavy atom. The molecule has 0 saturated heterocycles. The van der Waals surface area contributed by atoms with E-state index in [0.717, 1.165) is 40.8 Å². The third-order valence-corrected chi connectivity index (χ3v) is 4.50. The van der Waals surface area contributed by atoms with Gasteiger partial charge in [0, 0.05) is 24.0 Å². The molecule has 1 heterocycles. The summed E-state index contributed by atoms with van der Waals surface area (Å²) in [5.41, 5.74) is 3.37. The van der Waals surface area contributed by atoms with Crippen molar-refractivity contribution in [2.75, 3.05) is 25.0 Å². The number of fused-ring (bicyclic) bond motifs is 1. The first-order valence-electron chi connectivity index (χ1n) is 9.56. The summed E-state index contributed by atoms with van der Waals surface area (Å²) in [6.45, 7) is 5.40. The molecule has 0 aliphatic heterocycles. The number of nitrogens with one attached hydrogen (secondary N) is 2. The Balaban J connectivity index is 1.90. The van der Waals surface area contributed by atoms with Gasteiger partial charge in [-0.05, 0) is 47.7 Å². The van der Waals surface area contributed by atoms with Gasteiger partial charge < -0.3 is 15.7 Å². The van der Waals surface area contributed by atoms with Crippen LogP contribution in [0.4, 0.5) is 5.82 Å². The highest BCUT2D eigenvalue weighted by atomic mass is 16.3. The van der Waals surface area contributed by atoms with E-state index in [1.54, 1.807) is 12.4 Å². The maximum absolute atomic E-state index is 12.2. The van der Waals surface area contributed by atoms with Crippen molar-refractivity contribution in [2.45, 2.75) is 20.3 Å². The van der Waals surface area contributed by atoms with Crippen LogP contribution in [0.1, 0.15) is 30.6 Å². The largest absolute Gasteiger partial charge is 0.395 e. The average molecular weight is 378 g/mol. The Kier molecular flexibility index (Phi) is 6.55. The van der Waals surface area contributed by atoms with Gasteiger partial charge in [0.05, 0.1) is 12.1 Å². The molecule has 0 spiro atoms. The first-order valence-corrected chi connectivity index (χ1v) is 9.56. The molecule has 6 heteroatoms. The zero-order valence-corrected chi connectivity index (χ0v) is 16.3. The highest BCUT2D eigenvalue weighted by Gasteiger charge is 2.09. The minimum Gasteiger partial charge on any atom is -0.395 e. The molecule has 0 radical (unpaired) electrons. The van der Waals surface area contributed by atoms with Crippen molar-refractivity contribution >= 4 is 22.6 Å². The van der Waals surface area contributed by atoms with Crippen LogP contribution in [0.5, 0.6) is 0 Å². The fourth-order valence-corrected chi connectivity index (χ4v) is 2.97. The molecule has 2 aromatic carbocycles. The molecule has 0 fully saturated rings. The zero-order valence-electron chi connectivity index (χ0n) is 16.3. The molecule has 0 aliphatic carbocycles. The Bertz CT molecular complexity index is 956. The number of anilines is 1. The van der Waals surface area contributed by atoms with Crippen molar-refractivity contribution in [2.24, 2.45) is 5.92 Å². The number of carbonyl (C=O) groups excluding carboxylic acids is 1. The predicted octanol–water partition coefficient (Wildman–Crippen LogP) is 3.48. The maximum Gasteiger partial charge on any atom is 0.251 e. The fraction of sp³-hybridized carbons (Fsp3) is 0.318. The maximum atomic E-state index is 12.2. The molecule has 0 aliphatic rings. The van der Waals surface area contributed by atoms with Gasteiger partial charge in [-0.3, -0.25) is 4.79 Å². The van der Waals surface area contributed by atoms with Crippen LogP contribution in [0.2, 0.25) is 0 Å². The van der Waals surface area contributed by atoms with Gasteiger partial charge in [0.1, 0.15) is 12.1 Å². The second-order valence-corrected chi connectivity index (χ2v) is 7.12. The van der Waals surface area contributed by atoms with Crippen LogP contribution in [0, 0.1) is 5.92 Å². The summed E-state index contributed by atoms with van der Waals surface area (Å²) >= 11 is 0. The third kappa shape index (κ3) is 4.84. The van der Waals surface area contributed by atoms with E-state index in [9.17, 15) is 4.79 Å². The lowest BCUT2D eigenvalue weighted by Crippen LogP contribution is -2.26. The van der Waals surface area contributed by atoms with Crippen molar-refractivity contribution in [1.29, 1.82) is 0 Å². The number of carbonyl (C=O) groups is 1. The van der Waals surface area contributed by atoms with Crippen LogP contribution in [-0.4, -0.2) is 40.7 Å². The summed E-state index contributed by atoms with van der Waals surface area (Å²) in [7, 11) is 0. The summed E-state index contributed by atoms with van der Waals surface area (Å²) in [5.74, 6) is 1.25. The Morgan fingerprint density at radius 1 is 1.07 bits per heavy atom. The summed E-state index contributed by atoms with van der Waals surface area (Å²) in [5, 5.41) is 15.9. The van der Waals surface area contributed by atoms with Crippen LogP contribution in [-0.2, 0) is 0 Å². The standard InChI is InChI=1S/C22H26N4O2/c1-15(2)8-9-23-21-19-13-17(6-7-20(19)25-14-26-21)16-4-3-5-18(12-16)22(28)24-10-11-27/h3-7,12-15,27H,8-11H2,1-2H3,(H,24,28)(H,23,25,26). The number of aliphatic hydroxyl groups is 1. The number of hydrogen-bond acceptors (Lipinski definition) is 5. The van der Waals surface area contributed by atoms with Crippen LogP contribution >= 0.6 is 0 Å². The number of amides is 1. The molecule has 1 amide bonds. The molecule has 0 atom stereocenters. The van der Waals surface area contributed by atoms with E-state index in [4.69, 9.17) is 5.11 Å². The van der Waals surface area contributed by atoms with Gasteiger partial charge in [-0.25, -0.2) is 9.97 Å². The summed E-state index contributed by atoms with van der Waals surface area (Å²) in [4.78, 5) is 20.9. The molecule has 28 heavy (non-hydrogen) atoms. The average Bonchev–Trinajstić information content (AvgIpc) is 2.71. The van der Waals surface area contributed by atoms with Crippen LogP contribution in [0.25, 0.3) is 22.0 Å². The van der Waals surface area contributed by atoms with Crippen LogP contribution in [0.15, 0.2) is 48.8 Å². The number of benzene rings is 2. The van der Waals surface area contributed by atoms with Gasteiger partial charge in [-0.15, -0.1) is 0 Å². The lowest BCUT2D eigenvalue weighted by Gasteiger charge is -2.11. The van der Waals surface area contributed by atoms with Gasteiger partial charge in [0.15, 0.2) is 0 Å². The molecule has 0 unspecified atom stereocenters. The zero-order chi connectivity index (χ0) is 19.9. The molecule has 3 aromatic rings. The number of rotatable bonds is 8. The first-order chi connectivity index (χ1) is 13.6. The molecule has 0 bridgehead atoms. The van der Waals surface area contributed by atoms with E-state index in [2.05, 4.69) is 40.5 Å². The van der Waals surface area contributed by atoms with Gasteiger partial charge in [0.25, 0.3) is 5.91 Å². The van der Waals surface area contributed by atoms with E-state index in [1.807, 2.05) is 30.3 Å². The van der Waals surface area contributed by atoms with Gasteiger partial charge >= 0.3 is 0 Å². The fourth-order valence-electron chi connectivity index (χ4n) is 2.97. The van der Waals surface area contributed by atoms with Crippen molar-refractivity contribution in [3.05, 3.63) is 54.4 Å². The van der Waals surface area contributed by atoms with E-state index >= 15 is 0 Å². The summed E-state index contributed by atoms with van der Waals surface area (Å²) in [6, 6.07) is 13.5. The molecular weight excluding hydrogens is 352 g/mol. The first kappa shape index (κ1) is 19.8. The number of nitrogens with zero attached hydrogens (tertiary/aromatic N) is 2. The van der Waals surface area contributed by atoms with E-state index in [-0.39, 0.29) is 19.1 Å². The minimum absolute atomic E-state index is 0.0807. The second kappa shape index (κ2) is 9.28. The molecule has 6 nitrogen and oxygen atoms in total. The molecule has 0 saturated carbocycles. The molecule has 3 N–H and O–H groups in total. The number of aliphatic hydroxyl groups excluding tert-OH is 1. The van der Waals surface area contributed by atoms with Gasteiger partial charge in [-0.1, -0.05) is 32.0 Å². The van der Waals surface area contributed by atoms with E-state index in [0.29, 0.717) is 11.5 Å². The monoisotopic (exact) mass is 378 g/mol. The van der Waals surface area contributed by atoms with Crippen molar-refractivity contribution in [3.63, 3.8) is 0 Å². The Morgan fingerprint density at radius 3 is 2.68 bits per heavy atom. The lowest BCUT2D eigenvalue weighted by atomic mass is 10.0. The predicted molar refractivity (Wildman–Crippen MR) is 112 cm³/mol. The Labute approximate surface area is 165 Å². The topological polar surface area (TPSA) is 87.1 Å². The van der Waals surface area contributed by atoms with E-state index < -0.39 is 0 Å². The van der Waals surface area contributed by atoms with Gasteiger partial charge in [0.2, 0.25) is 0 Å².